The molecule has 0 fully saturated rings. The van der Waals surface area contributed by atoms with Gasteiger partial charge in [0.05, 0.1) is 6.42 Å². The zero-order valence-corrected chi connectivity index (χ0v) is 9.81. The summed E-state index contributed by atoms with van der Waals surface area (Å²) in [6.45, 7) is -1.08. The fourth-order valence-corrected chi connectivity index (χ4v) is 1.63. The van der Waals surface area contributed by atoms with Crippen molar-refractivity contribution in [3.63, 3.8) is 0 Å². The maximum Gasteiger partial charge on any atom is 0.284 e. The van der Waals surface area contributed by atoms with E-state index in [1.807, 2.05) is 0 Å². The molecule has 1 unspecified atom stereocenters. The van der Waals surface area contributed by atoms with Gasteiger partial charge in [-0.3, -0.25) is 4.79 Å². The third kappa shape index (κ3) is 6.80. The lowest BCUT2D eigenvalue weighted by Crippen LogP contribution is -2.38. The third-order valence-corrected chi connectivity index (χ3v) is 2.67. The number of hydrogen-bond donors (Lipinski definition) is 0. The van der Waals surface area contributed by atoms with Gasteiger partial charge in [0, 0.05) is 12.7 Å². The van der Waals surface area contributed by atoms with E-state index in [2.05, 4.69) is 0 Å². The SMILES string of the molecule is CC(=O)SCCC(F)C(F)(F)CC(F)(F)CF. The van der Waals surface area contributed by atoms with E-state index < -0.39 is 37.5 Å². The van der Waals surface area contributed by atoms with Crippen LogP contribution in [0.5, 0.6) is 0 Å². The van der Waals surface area contributed by atoms with Crippen LogP contribution in [0.4, 0.5) is 26.3 Å². The molecule has 0 N–H and O–H groups in total. The second-order valence-corrected chi connectivity index (χ2v) is 4.80. The molecule has 8 heteroatoms. The summed E-state index contributed by atoms with van der Waals surface area (Å²) in [5.74, 6) is -8.76. The molecule has 102 valence electrons. The summed E-state index contributed by atoms with van der Waals surface area (Å²) >= 11 is 0.626. The maximum atomic E-state index is 13.0. The van der Waals surface area contributed by atoms with E-state index in [9.17, 15) is 31.1 Å². The Kier molecular flexibility index (Phi) is 6.36. The highest BCUT2D eigenvalue weighted by Gasteiger charge is 2.48. The minimum Gasteiger partial charge on any atom is -0.288 e. The summed E-state index contributed by atoms with van der Waals surface area (Å²) in [7, 11) is 0. The van der Waals surface area contributed by atoms with E-state index in [4.69, 9.17) is 0 Å². The number of alkyl halides is 6. The van der Waals surface area contributed by atoms with Crippen LogP contribution >= 0.6 is 11.8 Å². The van der Waals surface area contributed by atoms with Crippen molar-refractivity contribution >= 4 is 16.9 Å². The monoisotopic (exact) mass is 282 g/mol. The minimum absolute atomic E-state index is 0.229. The molecule has 0 aliphatic rings. The van der Waals surface area contributed by atoms with Crippen molar-refractivity contribution in [2.75, 3.05) is 12.4 Å². The summed E-state index contributed by atoms with van der Waals surface area (Å²) in [4.78, 5) is 10.4. The smallest absolute Gasteiger partial charge is 0.284 e. The molecule has 0 radical (unpaired) electrons. The van der Waals surface area contributed by atoms with Gasteiger partial charge < -0.3 is 0 Å². The normalized spacial score (nSPS) is 14.8. The largest absolute Gasteiger partial charge is 0.288 e. The van der Waals surface area contributed by atoms with Gasteiger partial charge >= 0.3 is 0 Å². The van der Waals surface area contributed by atoms with Gasteiger partial charge in [0.2, 0.25) is 0 Å². The van der Waals surface area contributed by atoms with E-state index in [0.717, 1.165) is 0 Å². The average molecular weight is 282 g/mol. The summed E-state index contributed by atoms with van der Waals surface area (Å²) in [6, 6.07) is 0. The second kappa shape index (κ2) is 6.51. The van der Waals surface area contributed by atoms with Crippen LogP contribution in [-0.4, -0.2) is 35.6 Å². The summed E-state index contributed by atoms with van der Waals surface area (Å²) < 4.78 is 75.2. The van der Waals surface area contributed by atoms with E-state index in [-0.39, 0.29) is 10.9 Å². The lowest BCUT2D eigenvalue weighted by Gasteiger charge is -2.24. The van der Waals surface area contributed by atoms with Crippen molar-refractivity contribution in [2.45, 2.75) is 37.8 Å². The van der Waals surface area contributed by atoms with Gasteiger partial charge in [0.15, 0.2) is 18.0 Å². The predicted molar refractivity (Wildman–Crippen MR) is 53.1 cm³/mol. The average Bonchev–Trinajstić information content (AvgIpc) is 2.15. The van der Waals surface area contributed by atoms with Crippen molar-refractivity contribution in [1.29, 1.82) is 0 Å². The van der Waals surface area contributed by atoms with E-state index >= 15 is 0 Å². The molecule has 0 amide bonds. The lowest BCUT2D eigenvalue weighted by molar-refractivity contribution is -0.151. The van der Waals surface area contributed by atoms with Gasteiger partial charge in [-0.1, -0.05) is 11.8 Å². The highest BCUT2D eigenvalue weighted by Crippen LogP contribution is 2.36. The summed E-state index contributed by atoms with van der Waals surface area (Å²) in [5.41, 5.74) is 0. The molecule has 0 aliphatic carbocycles. The van der Waals surface area contributed by atoms with Crippen LogP contribution in [0.2, 0.25) is 0 Å². The molecule has 0 aromatic carbocycles. The van der Waals surface area contributed by atoms with Crippen LogP contribution in [0, 0.1) is 0 Å². The van der Waals surface area contributed by atoms with Gasteiger partial charge in [-0.2, -0.15) is 0 Å². The Morgan fingerprint density at radius 3 is 2.24 bits per heavy atom. The van der Waals surface area contributed by atoms with E-state index in [1.54, 1.807) is 0 Å². The van der Waals surface area contributed by atoms with Crippen molar-refractivity contribution < 1.29 is 31.1 Å². The first-order chi connectivity index (χ1) is 7.60. The zero-order valence-electron chi connectivity index (χ0n) is 8.99. The third-order valence-electron chi connectivity index (χ3n) is 1.82. The van der Waals surface area contributed by atoms with Crippen molar-refractivity contribution in [3.05, 3.63) is 0 Å². The molecule has 0 aromatic rings. The number of hydrogen-bond acceptors (Lipinski definition) is 2. The molecule has 0 aromatic heterocycles. The molecule has 0 saturated carbocycles. The Morgan fingerprint density at radius 1 is 1.29 bits per heavy atom. The van der Waals surface area contributed by atoms with Gasteiger partial charge in [0.25, 0.3) is 11.8 Å². The van der Waals surface area contributed by atoms with Crippen LogP contribution in [-0.2, 0) is 4.79 Å². The van der Waals surface area contributed by atoms with Gasteiger partial charge in [-0.05, 0) is 6.42 Å². The number of halogens is 6. The summed E-state index contributed by atoms with van der Waals surface area (Å²) in [5, 5.41) is -0.380. The highest BCUT2D eigenvalue weighted by atomic mass is 32.2. The first-order valence-electron chi connectivity index (χ1n) is 4.70. The Hall–Kier alpha value is -0.400. The Balaban J connectivity index is 4.24. The van der Waals surface area contributed by atoms with E-state index in [0.29, 0.717) is 11.8 Å². The molecule has 1 atom stereocenters. The predicted octanol–water partition coefficient (Wildman–Crippen LogP) is 3.62. The molecule has 0 heterocycles. The van der Waals surface area contributed by atoms with Gasteiger partial charge in [-0.15, -0.1) is 0 Å². The highest BCUT2D eigenvalue weighted by molar-refractivity contribution is 8.13. The molecule has 1 nitrogen and oxygen atoms in total. The van der Waals surface area contributed by atoms with Crippen molar-refractivity contribution in [2.24, 2.45) is 0 Å². The molecule has 0 aliphatic heterocycles. The Morgan fingerprint density at radius 2 is 1.82 bits per heavy atom. The van der Waals surface area contributed by atoms with Gasteiger partial charge in [-0.25, -0.2) is 26.3 Å². The molecule has 17 heavy (non-hydrogen) atoms. The fraction of sp³-hybridized carbons (Fsp3) is 0.889. The zero-order chi connectivity index (χ0) is 13.7. The quantitative estimate of drug-likeness (QED) is 0.663. The van der Waals surface area contributed by atoms with Crippen molar-refractivity contribution in [1.82, 2.24) is 0 Å². The number of carbonyl (C=O) groups is 1. The Bertz CT molecular complexity index is 258. The molecule has 0 bridgehead atoms. The topological polar surface area (TPSA) is 17.1 Å². The second-order valence-electron chi connectivity index (χ2n) is 3.52. The maximum absolute atomic E-state index is 13.0. The van der Waals surface area contributed by atoms with Gasteiger partial charge in [0.1, 0.15) is 0 Å². The number of rotatable bonds is 7. The lowest BCUT2D eigenvalue weighted by atomic mass is 10.0. The van der Waals surface area contributed by atoms with Crippen LogP contribution in [0.1, 0.15) is 19.8 Å². The molecule has 0 rings (SSSR count). The van der Waals surface area contributed by atoms with Crippen LogP contribution in [0.25, 0.3) is 0 Å². The first kappa shape index (κ1) is 16.6. The molecule has 0 saturated heterocycles. The Labute approximate surface area is 98.9 Å². The number of carbonyl (C=O) groups excluding carboxylic acids is 1. The fourth-order valence-electron chi connectivity index (χ4n) is 1.02. The standard InChI is InChI=1S/C9H12F6OS/c1-6(16)17-3-2-7(11)9(14,15)4-8(12,13)5-10/h7H,2-5H2,1H3. The van der Waals surface area contributed by atoms with Crippen LogP contribution in [0.15, 0.2) is 0 Å². The van der Waals surface area contributed by atoms with Crippen molar-refractivity contribution in [3.8, 4) is 0 Å². The summed E-state index contributed by atoms with van der Waals surface area (Å²) in [6.07, 6.45) is -5.71. The minimum atomic E-state index is -4.30. The first-order valence-corrected chi connectivity index (χ1v) is 5.68. The van der Waals surface area contributed by atoms with E-state index in [1.165, 1.54) is 6.92 Å². The van der Waals surface area contributed by atoms with Crippen LogP contribution < -0.4 is 0 Å². The number of thioether (sulfide) groups is 1. The molecule has 0 spiro atoms. The molecular weight excluding hydrogens is 270 g/mol. The molecular formula is C9H12F6OS. The van der Waals surface area contributed by atoms with Crippen LogP contribution in [0.3, 0.4) is 0 Å².